The van der Waals surface area contributed by atoms with Crippen LogP contribution in [0.4, 0.5) is 8.78 Å². The number of aryl methyl sites for hydroxylation is 2. The van der Waals surface area contributed by atoms with Gasteiger partial charge >= 0.3 is 5.69 Å². The summed E-state index contributed by atoms with van der Waals surface area (Å²) in [6.07, 6.45) is 4.56. The minimum absolute atomic E-state index is 0. The summed E-state index contributed by atoms with van der Waals surface area (Å²) in [4.78, 5) is 15.0. The first kappa shape index (κ1) is 23.7. The lowest BCUT2D eigenvalue weighted by Gasteiger charge is -2.10. The van der Waals surface area contributed by atoms with Crippen LogP contribution in [0.15, 0.2) is 53.6 Å². The van der Waals surface area contributed by atoms with Gasteiger partial charge in [-0.3, -0.25) is 0 Å². The Morgan fingerprint density at radius 3 is 2.38 bits per heavy atom. The van der Waals surface area contributed by atoms with E-state index in [0.29, 0.717) is 34.4 Å². The first-order valence-electron chi connectivity index (χ1n) is 10.7. The first-order chi connectivity index (χ1) is 15.8. The molecule has 0 amide bonds. The Hall–Kier alpha value is -3.43. The number of rotatable bonds is 6. The maximum Gasteiger partial charge on any atom is 0.348 e. The van der Waals surface area contributed by atoms with Crippen molar-refractivity contribution in [3.63, 3.8) is 0 Å². The third kappa shape index (κ3) is 4.01. The third-order valence-corrected chi connectivity index (χ3v) is 5.93. The molecule has 0 aliphatic heterocycles. The van der Waals surface area contributed by atoms with Crippen molar-refractivity contribution < 1.29 is 8.78 Å². The molecule has 7 nitrogen and oxygen atoms in total. The molecule has 0 aliphatic rings. The van der Waals surface area contributed by atoms with Crippen molar-refractivity contribution in [2.24, 2.45) is 7.05 Å². The number of benzene rings is 2. The topological polar surface area (TPSA) is 63.8 Å². The summed E-state index contributed by atoms with van der Waals surface area (Å²) in [6, 6.07) is 9.09. The number of halogens is 3. The van der Waals surface area contributed by atoms with Crippen molar-refractivity contribution in [3.8, 4) is 17.1 Å². The van der Waals surface area contributed by atoms with E-state index in [2.05, 4.69) is 15.1 Å². The zero-order valence-electron chi connectivity index (χ0n) is 19.0. The molecule has 0 fully saturated rings. The molecule has 5 aromatic rings. The van der Waals surface area contributed by atoms with Gasteiger partial charge in [0.15, 0.2) is 5.82 Å². The van der Waals surface area contributed by atoms with E-state index in [1.807, 2.05) is 42.7 Å². The fraction of sp³-hybridized carbons (Fsp3) is 0.250. The van der Waals surface area contributed by atoms with Gasteiger partial charge in [0.2, 0.25) is 0 Å². The third-order valence-electron chi connectivity index (χ3n) is 5.93. The number of nitrogens with one attached hydrogen (secondary N) is 1. The van der Waals surface area contributed by atoms with E-state index in [0.717, 1.165) is 24.0 Å². The van der Waals surface area contributed by atoms with Crippen LogP contribution in [0, 0.1) is 11.6 Å². The second-order valence-electron chi connectivity index (χ2n) is 8.53. The maximum atomic E-state index is 14.2. The summed E-state index contributed by atoms with van der Waals surface area (Å²) in [6.45, 7) is 1.61. The van der Waals surface area contributed by atoms with E-state index in [1.165, 1.54) is 28.8 Å². The molecule has 10 heteroatoms. The zero-order valence-corrected chi connectivity index (χ0v) is 19.9. The van der Waals surface area contributed by atoms with Gasteiger partial charge in [-0.25, -0.2) is 23.2 Å². The fourth-order valence-corrected chi connectivity index (χ4v) is 4.41. The molecule has 1 N–H and O–H groups in total. The summed E-state index contributed by atoms with van der Waals surface area (Å²) in [5.41, 5.74) is 2.32. The normalized spacial score (nSPS) is 11.6. The molecule has 0 radical (unpaired) electrons. The number of hydrogen-bond acceptors (Lipinski definition) is 3. The van der Waals surface area contributed by atoms with Crippen LogP contribution >= 0.6 is 12.4 Å². The monoisotopic (exact) mass is 486 g/mol. The molecule has 3 heterocycles. The average Bonchev–Trinajstić information content (AvgIpc) is 3.41. The molecule has 2 aromatic carbocycles. The molecule has 0 atom stereocenters. The summed E-state index contributed by atoms with van der Waals surface area (Å²) < 4.78 is 33.6. The number of H-pyrrole nitrogens is 1. The number of aromatic nitrogens is 5. The van der Waals surface area contributed by atoms with Crippen LogP contribution in [0.1, 0.15) is 6.42 Å². The van der Waals surface area contributed by atoms with E-state index in [4.69, 9.17) is 0 Å². The molecule has 3 aromatic heterocycles. The molecule has 0 unspecified atom stereocenters. The highest BCUT2D eigenvalue weighted by Gasteiger charge is 2.21. The maximum absolute atomic E-state index is 14.2. The molecule has 178 valence electrons. The van der Waals surface area contributed by atoms with Crippen molar-refractivity contribution in [2.75, 3.05) is 20.6 Å². The van der Waals surface area contributed by atoms with Crippen LogP contribution < -0.4 is 5.69 Å². The van der Waals surface area contributed by atoms with Gasteiger partial charge in [0.25, 0.3) is 0 Å². The molecule has 0 saturated carbocycles. The second-order valence-corrected chi connectivity index (χ2v) is 8.53. The Kier molecular flexibility index (Phi) is 6.33. The number of nitrogens with zero attached hydrogens (tertiary/aromatic N) is 5. The SMILES string of the molecule is CN(C)CCCn1cc(-n2c(-c3cn(C)c4ccc(F)cc34)n[nH]c2=O)c2cc(F)ccc21.Cl. The number of fused-ring (bicyclic) bond motifs is 2. The van der Waals surface area contributed by atoms with E-state index < -0.39 is 5.69 Å². The van der Waals surface area contributed by atoms with E-state index >= 15 is 0 Å². The van der Waals surface area contributed by atoms with Crippen LogP contribution in [-0.2, 0) is 13.6 Å². The zero-order chi connectivity index (χ0) is 23.3. The number of aromatic amines is 1. The predicted molar refractivity (Wildman–Crippen MR) is 132 cm³/mol. The van der Waals surface area contributed by atoms with Gasteiger partial charge in [0, 0.05) is 47.8 Å². The largest absolute Gasteiger partial charge is 0.350 e. The van der Waals surface area contributed by atoms with Crippen molar-refractivity contribution >= 4 is 34.2 Å². The first-order valence-corrected chi connectivity index (χ1v) is 10.7. The quantitative estimate of drug-likeness (QED) is 0.388. The second kappa shape index (κ2) is 9.08. The van der Waals surface area contributed by atoms with Crippen LogP contribution in [0.2, 0.25) is 0 Å². The molecule has 34 heavy (non-hydrogen) atoms. The predicted octanol–water partition coefficient (Wildman–Crippen LogP) is 4.33. The Bertz CT molecular complexity index is 1540. The lowest BCUT2D eigenvalue weighted by Crippen LogP contribution is -2.16. The highest BCUT2D eigenvalue weighted by molar-refractivity contribution is 5.96. The van der Waals surface area contributed by atoms with E-state index in [-0.39, 0.29) is 24.0 Å². The minimum atomic E-state index is -0.449. The fourth-order valence-electron chi connectivity index (χ4n) is 4.41. The standard InChI is InChI=1S/C24H24F2N6O.ClH/c1-29(2)9-4-10-31-14-22(18-12-16(26)6-8-21(18)31)32-23(27-28-24(32)33)19-13-30(3)20-7-5-15(25)11-17(19)20;/h5-8,11-14H,4,9-10H2,1-3H3,(H,28,33);1H. The Labute approximate surface area is 200 Å². The summed E-state index contributed by atoms with van der Waals surface area (Å²) in [7, 11) is 5.88. The summed E-state index contributed by atoms with van der Waals surface area (Å²) >= 11 is 0. The van der Waals surface area contributed by atoms with Crippen molar-refractivity contribution in [3.05, 3.63) is 70.9 Å². The van der Waals surface area contributed by atoms with Crippen molar-refractivity contribution in [1.82, 2.24) is 28.8 Å². The van der Waals surface area contributed by atoms with Gasteiger partial charge in [-0.05, 0) is 63.5 Å². The Morgan fingerprint density at radius 2 is 1.68 bits per heavy atom. The van der Waals surface area contributed by atoms with Gasteiger partial charge in [-0.15, -0.1) is 12.4 Å². The van der Waals surface area contributed by atoms with Crippen LogP contribution in [0.25, 0.3) is 38.9 Å². The molecule has 5 rings (SSSR count). The molecular weight excluding hydrogens is 462 g/mol. The van der Waals surface area contributed by atoms with Gasteiger partial charge in [0.1, 0.15) is 11.6 Å². The van der Waals surface area contributed by atoms with Crippen LogP contribution in [0.3, 0.4) is 0 Å². The summed E-state index contributed by atoms with van der Waals surface area (Å²) in [5, 5.41) is 8.02. The highest BCUT2D eigenvalue weighted by atomic mass is 35.5. The number of hydrogen-bond donors (Lipinski definition) is 1. The highest BCUT2D eigenvalue weighted by Crippen LogP contribution is 2.32. The van der Waals surface area contributed by atoms with Crippen LogP contribution in [0.5, 0.6) is 0 Å². The lowest BCUT2D eigenvalue weighted by molar-refractivity contribution is 0.388. The Balaban J connectivity index is 0.00000274. The smallest absolute Gasteiger partial charge is 0.348 e. The molecule has 0 bridgehead atoms. The van der Waals surface area contributed by atoms with Gasteiger partial charge in [-0.1, -0.05) is 0 Å². The molecular formula is C24H25ClF2N6O. The Morgan fingerprint density at radius 1 is 1.00 bits per heavy atom. The van der Waals surface area contributed by atoms with Gasteiger partial charge in [-0.2, -0.15) is 5.10 Å². The molecule has 0 spiro atoms. The van der Waals surface area contributed by atoms with Crippen molar-refractivity contribution in [2.45, 2.75) is 13.0 Å². The lowest BCUT2D eigenvalue weighted by atomic mass is 10.1. The van der Waals surface area contributed by atoms with Gasteiger partial charge in [0.05, 0.1) is 11.2 Å². The molecule has 0 saturated heterocycles. The molecule has 0 aliphatic carbocycles. The van der Waals surface area contributed by atoms with E-state index in [9.17, 15) is 13.6 Å². The van der Waals surface area contributed by atoms with Gasteiger partial charge < -0.3 is 14.0 Å². The average molecular weight is 487 g/mol. The summed E-state index contributed by atoms with van der Waals surface area (Å²) in [5.74, 6) is -0.424. The van der Waals surface area contributed by atoms with Crippen LogP contribution in [-0.4, -0.2) is 49.4 Å². The van der Waals surface area contributed by atoms with E-state index in [1.54, 1.807) is 12.1 Å². The van der Waals surface area contributed by atoms with Crippen molar-refractivity contribution in [1.29, 1.82) is 0 Å². The minimum Gasteiger partial charge on any atom is -0.350 e.